The molecule has 0 bridgehead atoms. The van der Waals surface area contributed by atoms with Crippen LogP contribution in [0.5, 0.6) is 0 Å². The lowest BCUT2D eigenvalue weighted by atomic mass is 10.0. The molecule has 0 unspecified atom stereocenters. The average molecular weight is 599 g/mol. The van der Waals surface area contributed by atoms with Crippen molar-refractivity contribution >= 4 is 57.9 Å². The number of amides is 1. The number of hydrogen-bond donors (Lipinski definition) is 2. The molecule has 202 valence electrons. The Morgan fingerprint density at radius 1 is 1.03 bits per heavy atom. The highest BCUT2D eigenvalue weighted by atomic mass is 35.5. The summed E-state index contributed by atoms with van der Waals surface area (Å²) in [4.78, 5) is 23.8. The molecule has 1 aliphatic rings. The molecule has 1 saturated heterocycles. The van der Waals surface area contributed by atoms with Gasteiger partial charge in [-0.25, -0.2) is 4.98 Å². The van der Waals surface area contributed by atoms with Gasteiger partial charge in [0.25, 0.3) is 0 Å². The van der Waals surface area contributed by atoms with E-state index in [-0.39, 0.29) is 11.9 Å². The number of halogens is 2. The molecular weight excluding hydrogens is 569 g/mol. The molecule has 39 heavy (non-hydrogen) atoms. The second-order valence-corrected chi connectivity index (χ2v) is 12.3. The van der Waals surface area contributed by atoms with Crippen LogP contribution >= 0.6 is 46.3 Å². The zero-order valence-electron chi connectivity index (χ0n) is 21.3. The summed E-state index contributed by atoms with van der Waals surface area (Å²) >= 11 is 15.2. The number of hydrogen-bond acceptors (Lipinski definition) is 7. The summed E-state index contributed by atoms with van der Waals surface area (Å²) in [5.74, 6) is 0.422. The molecule has 0 radical (unpaired) electrons. The lowest BCUT2D eigenvalue weighted by Gasteiger charge is -2.32. The van der Waals surface area contributed by atoms with E-state index < -0.39 is 0 Å². The van der Waals surface area contributed by atoms with Crippen LogP contribution < -0.4 is 10.6 Å². The van der Waals surface area contributed by atoms with Gasteiger partial charge in [0.15, 0.2) is 4.34 Å². The molecule has 1 amide bonds. The van der Waals surface area contributed by atoms with Gasteiger partial charge >= 0.3 is 0 Å². The van der Waals surface area contributed by atoms with Crippen molar-refractivity contribution in [3.05, 3.63) is 93.5 Å². The predicted octanol–water partition coefficient (Wildman–Crippen LogP) is 7.00. The molecule has 2 aromatic heterocycles. The van der Waals surface area contributed by atoms with E-state index in [0.29, 0.717) is 15.8 Å². The first kappa shape index (κ1) is 27.9. The minimum absolute atomic E-state index is 0.0574. The molecular formula is C29H29Cl2N5OS2. The van der Waals surface area contributed by atoms with Gasteiger partial charge in [-0.3, -0.25) is 14.7 Å². The third kappa shape index (κ3) is 8.19. The van der Waals surface area contributed by atoms with E-state index in [0.717, 1.165) is 65.9 Å². The molecule has 3 heterocycles. The number of carbonyl (C=O) groups excluding carboxylic acids is 1. The van der Waals surface area contributed by atoms with Crippen LogP contribution in [0, 0.1) is 0 Å². The van der Waals surface area contributed by atoms with Crippen LogP contribution in [0.3, 0.4) is 0 Å². The van der Waals surface area contributed by atoms with Gasteiger partial charge in [-0.1, -0.05) is 53.2 Å². The number of anilines is 1. The second kappa shape index (κ2) is 13.6. The monoisotopic (exact) mass is 597 g/mol. The normalized spacial score (nSPS) is 14.3. The van der Waals surface area contributed by atoms with Crippen molar-refractivity contribution in [3.8, 4) is 11.3 Å². The van der Waals surface area contributed by atoms with E-state index in [1.807, 2.05) is 41.8 Å². The molecule has 0 saturated carbocycles. The van der Waals surface area contributed by atoms with Crippen LogP contribution in [0.1, 0.15) is 24.0 Å². The third-order valence-electron chi connectivity index (χ3n) is 6.56. The lowest BCUT2D eigenvalue weighted by Crippen LogP contribution is -2.44. The van der Waals surface area contributed by atoms with Gasteiger partial charge < -0.3 is 10.6 Å². The van der Waals surface area contributed by atoms with Crippen LogP contribution in [-0.2, 0) is 17.9 Å². The minimum atomic E-state index is 0.0574. The van der Waals surface area contributed by atoms with Crippen LogP contribution in [0.4, 0.5) is 5.69 Å². The third-order valence-corrected chi connectivity index (χ3v) is 9.32. The molecule has 1 fully saturated rings. The number of thiazole rings is 1. The van der Waals surface area contributed by atoms with Crippen LogP contribution in [0.15, 0.2) is 76.7 Å². The SMILES string of the molecule is O=C(CSc1nc(-c2cccc(NCc3ccncc3)c2)cs1)NC1CCN(Cc2ccc(Cl)c(Cl)c2)CC1. The highest BCUT2D eigenvalue weighted by Crippen LogP contribution is 2.30. The summed E-state index contributed by atoms with van der Waals surface area (Å²) in [5.41, 5.74) is 5.34. The van der Waals surface area contributed by atoms with Gasteiger partial charge in [-0.05, 0) is 60.4 Å². The Hall–Kier alpha value is -2.62. The maximum Gasteiger partial charge on any atom is 0.230 e. The molecule has 10 heteroatoms. The van der Waals surface area contributed by atoms with Crippen molar-refractivity contribution in [2.24, 2.45) is 0 Å². The fourth-order valence-electron chi connectivity index (χ4n) is 4.48. The number of carbonyl (C=O) groups is 1. The van der Waals surface area contributed by atoms with E-state index in [4.69, 9.17) is 28.2 Å². The summed E-state index contributed by atoms with van der Waals surface area (Å²) < 4.78 is 0.895. The standard InChI is InChI=1S/C29H29Cl2N5OS2/c30-25-5-4-21(14-26(25)31)17-36-12-8-23(9-13-36)34-28(37)19-39-29-35-27(18-38-29)22-2-1-3-24(15-22)33-16-20-6-10-32-11-7-20/h1-7,10-11,14-15,18,23,33H,8-9,12-13,16-17,19H2,(H,34,37). The largest absolute Gasteiger partial charge is 0.381 e. The molecule has 0 aliphatic carbocycles. The molecule has 4 aromatic rings. The van der Waals surface area contributed by atoms with Crippen LogP contribution in [0.2, 0.25) is 10.0 Å². The lowest BCUT2D eigenvalue weighted by molar-refractivity contribution is -0.119. The Kier molecular flexibility index (Phi) is 9.76. The van der Waals surface area contributed by atoms with Crippen molar-refractivity contribution in [2.75, 3.05) is 24.2 Å². The smallest absolute Gasteiger partial charge is 0.230 e. The Balaban J connectivity index is 1.05. The fourth-order valence-corrected chi connectivity index (χ4v) is 6.44. The Morgan fingerprint density at radius 3 is 2.64 bits per heavy atom. The molecule has 5 rings (SSSR count). The van der Waals surface area contributed by atoms with Gasteiger partial charge in [-0.2, -0.15) is 0 Å². The number of pyridine rings is 1. The number of nitrogens with zero attached hydrogens (tertiary/aromatic N) is 3. The predicted molar refractivity (Wildman–Crippen MR) is 163 cm³/mol. The first-order valence-electron chi connectivity index (χ1n) is 12.8. The molecule has 0 spiro atoms. The van der Waals surface area contributed by atoms with Crippen molar-refractivity contribution in [1.82, 2.24) is 20.2 Å². The van der Waals surface area contributed by atoms with Gasteiger partial charge in [0.2, 0.25) is 5.91 Å². The Labute approximate surface area is 247 Å². The minimum Gasteiger partial charge on any atom is -0.381 e. The molecule has 1 aliphatic heterocycles. The Bertz CT molecular complexity index is 1390. The quantitative estimate of drug-likeness (QED) is 0.192. The number of aromatic nitrogens is 2. The summed E-state index contributed by atoms with van der Waals surface area (Å²) in [6.45, 7) is 3.44. The summed E-state index contributed by atoms with van der Waals surface area (Å²) in [6.07, 6.45) is 5.47. The van der Waals surface area contributed by atoms with Crippen LogP contribution in [-0.4, -0.2) is 45.7 Å². The maximum atomic E-state index is 12.6. The zero-order chi connectivity index (χ0) is 27.0. The summed E-state index contributed by atoms with van der Waals surface area (Å²) in [6, 6.07) is 18.2. The average Bonchev–Trinajstić information content (AvgIpc) is 3.44. The Morgan fingerprint density at radius 2 is 1.85 bits per heavy atom. The van der Waals surface area contributed by atoms with Gasteiger partial charge in [0.1, 0.15) is 0 Å². The van der Waals surface area contributed by atoms with Gasteiger partial charge in [0.05, 0.1) is 21.5 Å². The number of piperidine rings is 1. The molecule has 6 nitrogen and oxygen atoms in total. The van der Waals surface area contributed by atoms with Gasteiger partial charge in [0, 0.05) is 61.2 Å². The van der Waals surface area contributed by atoms with Crippen molar-refractivity contribution in [2.45, 2.75) is 36.3 Å². The van der Waals surface area contributed by atoms with Gasteiger partial charge in [-0.15, -0.1) is 11.3 Å². The first-order chi connectivity index (χ1) is 19.0. The number of benzene rings is 2. The van der Waals surface area contributed by atoms with E-state index in [1.54, 1.807) is 23.7 Å². The number of nitrogens with one attached hydrogen (secondary N) is 2. The summed E-state index contributed by atoms with van der Waals surface area (Å²) in [5, 5.41) is 9.87. The topological polar surface area (TPSA) is 70.1 Å². The maximum absolute atomic E-state index is 12.6. The zero-order valence-corrected chi connectivity index (χ0v) is 24.4. The van der Waals surface area contributed by atoms with Crippen molar-refractivity contribution in [1.29, 1.82) is 0 Å². The molecule has 0 atom stereocenters. The second-order valence-electron chi connectivity index (χ2n) is 9.44. The van der Waals surface area contributed by atoms with E-state index in [1.165, 1.54) is 17.3 Å². The van der Waals surface area contributed by atoms with Crippen molar-refractivity contribution in [3.63, 3.8) is 0 Å². The first-order valence-corrected chi connectivity index (χ1v) is 15.4. The number of rotatable bonds is 10. The molecule has 2 N–H and O–H groups in total. The van der Waals surface area contributed by atoms with E-state index in [9.17, 15) is 4.79 Å². The highest BCUT2D eigenvalue weighted by molar-refractivity contribution is 8.01. The number of thioether (sulfide) groups is 1. The highest BCUT2D eigenvalue weighted by Gasteiger charge is 2.21. The fraction of sp³-hybridized carbons (Fsp3) is 0.276. The number of likely N-dealkylation sites (tertiary alicyclic amines) is 1. The van der Waals surface area contributed by atoms with E-state index in [2.05, 4.69) is 38.7 Å². The molecule has 2 aromatic carbocycles. The van der Waals surface area contributed by atoms with Crippen molar-refractivity contribution < 1.29 is 4.79 Å². The van der Waals surface area contributed by atoms with E-state index >= 15 is 0 Å². The van der Waals surface area contributed by atoms with Crippen LogP contribution in [0.25, 0.3) is 11.3 Å². The summed E-state index contributed by atoms with van der Waals surface area (Å²) in [7, 11) is 0.